The second-order valence-corrected chi connectivity index (χ2v) is 46.1. The molecule has 11 rings (SSSR count). The number of allylic oxidation sites excluding steroid dienone is 12. The van der Waals surface area contributed by atoms with Crippen molar-refractivity contribution in [2.45, 2.75) is 409 Å². The fourth-order valence-corrected chi connectivity index (χ4v) is 28.3. The Morgan fingerprint density at radius 3 is 1.60 bits per heavy atom. The molecule has 31 heteroatoms. The molecule has 2 bridgehead atoms. The summed E-state index contributed by atoms with van der Waals surface area (Å²) in [4.78, 5) is 71.1. The van der Waals surface area contributed by atoms with E-state index in [2.05, 4.69) is 57.9 Å². The van der Waals surface area contributed by atoms with Gasteiger partial charge in [0, 0.05) is 83.0 Å². The monoisotopic (exact) mass is 1990 g/mol. The number of amides is 3. The van der Waals surface area contributed by atoms with Gasteiger partial charge in [0.15, 0.2) is 18.2 Å². The minimum absolute atomic E-state index is 0.0248. The molecule has 0 aromatic carbocycles. The Kier molecular flexibility index (Phi) is 43.9. The van der Waals surface area contributed by atoms with Gasteiger partial charge in [-0.3, -0.25) is 24.0 Å². The standard InChI is InChI=1S/C110H180N4O27/c1-65(80-34-36-82-97-84(61-92(126)108(80,82)9)106(7)43-40-75(117)53-71(106)55-88(97)123)30-32-73(115)28-23-25-47-114(48-26-24-45-112-94(128)39-31-66(2)81-35-37-83-98-85(62-93(127)109(81,83)10)107(8)44-41-76(118)54-72(107)56-89(98)124)95(129)42-49-136-51-52-137-50-46-113-104(134)99-90(125)64-110(135)63-78(120)58-87(122)86(121)38-33-74(116)57-77(119)59-96(130)138-69(5)68(4)101(131)67(3)27-21-19-17-15-13-11-12-14-16-18-20-22-29-79(60-91(99)141-110)140-105-103(133)100(111)102(132)70(6)139-105/h11-22,27,29,65-72,74-93,97-103,105,116-127,131-133,135H,23-26,28,30-64,111H2,1-10H3,(H,112,128)(H,113,134)/p+1/b12-11+,15-13+,16-14+,19-17+,20-18+,27-21+,29-22+/t65-,66-,67+,68+,69+,70?,71?,72?,74-,75?,76?,77-,78+,79+,80?,81?,82?,83?,84?,85?,86-,87-,88?,89?,90+,91+,92?,93?,97?,98?,99-,100?,101-,102?,103?,105?,106?,107?,108?,109?,110-/m1/s1. The number of quaternary nitrogens is 1. The Morgan fingerprint density at radius 2 is 1.02 bits per heavy atom. The molecule has 8 aliphatic carbocycles. The average Bonchev–Trinajstić information content (AvgIpc) is 1.63. The first-order valence-electron chi connectivity index (χ1n) is 54.0. The number of nitrogens with one attached hydrogen (secondary N) is 2. The highest BCUT2D eigenvalue weighted by Crippen LogP contribution is 2.71. The number of ether oxygens (including phenoxy) is 6. The fourth-order valence-electron chi connectivity index (χ4n) is 28.3. The van der Waals surface area contributed by atoms with Crippen LogP contribution in [0.15, 0.2) is 85.1 Å². The average molecular weight is 1990 g/mol. The SMILES string of the molecule is CC1OC(O[C@H]2/C=C/C=C/C=C/C=C/C=C/C=C/C=C/[C@H](C)[C@@H](O)[C@@H](C)[C@H](C)OC(=O)C[C@H](O)C[C@H](O)CC[C@@H](O)[C@H](O)C[C@H](O)C[C@]3(O)C[C@H](O)[C@@H](C(=O)NCCOCCOCCC(=O)N(CCCCNC(=O)CC[C@@H](C)C4CCC5C6C(O)CC7CC(O)CCC7(C)C6CC(O)C54C)CCCCC(=O)CC[C@@H](C)C4CCC5C6C(O)CC7CC(O)CCC7(C)C6CC(O)C54C)[C@H](C2)O3)C(O)C([NH3+])C1O. The van der Waals surface area contributed by atoms with E-state index in [0.717, 1.165) is 51.4 Å². The summed E-state index contributed by atoms with van der Waals surface area (Å²) in [5.41, 5.74) is 3.14. The number of aliphatic hydroxyl groups is 16. The van der Waals surface area contributed by atoms with Crippen LogP contribution in [0.2, 0.25) is 0 Å². The molecule has 0 radical (unpaired) electrons. The number of esters is 1. The van der Waals surface area contributed by atoms with E-state index in [9.17, 15) is 106 Å². The van der Waals surface area contributed by atoms with E-state index >= 15 is 0 Å². The number of carbonyl (C=O) groups is 5. The van der Waals surface area contributed by atoms with Crippen molar-refractivity contribution in [3.8, 4) is 0 Å². The summed E-state index contributed by atoms with van der Waals surface area (Å²) in [6.07, 6.45) is 16.9. The van der Waals surface area contributed by atoms with Crippen LogP contribution in [0, 0.1) is 110 Å². The summed E-state index contributed by atoms with van der Waals surface area (Å²) in [7, 11) is 0. The second kappa shape index (κ2) is 53.3. The minimum Gasteiger partial charge on any atom is -0.462 e. The van der Waals surface area contributed by atoms with E-state index in [1.54, 1.807) is 80.4 Å². The third-order valence-corrected chi connectivity index (χ3v) is 36.9. The predicted molar refractivity (Wildman–Crippen MR) is 530 cm³/mol. The maximum absolute atomic E-state index is 14.6. The van der Waals surface area contributed by atoms with E-state index in [4.69, 9.17) is 28.4 Å². The lowest BCUT2D eigenvalue weighted by Crippen LogP contribution is -2.78. The molecule has 11 aliphatic rings. The number of rotatable bonds is 30. The Hall–Kier alpha value is -5.15. The lowest BCUT2D eigenvalue weighted by Gasteiger charge is -2.63. The number of cyclic esters (lactones) is 1. The molecule has 2 saturated heterocycles. The molecule has 3 heterocycles. The molecule has 10 fully saturated rings. The van der Waals surface area contributed by atoms with Gasteiger partial charge >= 0.3 is 5.97 Å². The normalized spacial score (nSPS) is 44.4. The van der Waals surface area contributed by atoms with Crippen LogP contribution in [0.5, 0.6) is 0 Å². The number of carbonyl (C=O) groups excluding carboxylic acids is 5. The molecular formula is C110H181N4O27+. The summed E-state index contributed by atoms with van der Waals surface area (Å²) >= 11 is 0. The van der Waals surface area contributed by atoms with Gasteiger partial charge in [-0.2, -0.15) is 0 Å². The van der Waals surface area contributed by atoms with Gasteiger partial charge in [0.1, 0.15) is 24.0 Å². The van der Waals surface area contributed by atoms with Gasteiger partial charge in [0.05, 0.1) is 143 Å². The largest absolute Gasteiger partial charge is 0.462 e. The van der Waals surface area contributed by atoms with Crippen molar-refractivity contribution in [3.63, 3.8) is 0 Å². The van der Waals surface area contributed by atoms with Crippen molar-refractivity contribution in [1.82, 2.24) is 15.5 Å². The molecule has 0 aromatic rings. The van der Waals surface area contributed by atoms with Gasteiger partial charge in [-0.1, -0.05) is 140 Å². The quantitative estimate of drug-likeness (QED) is 0.0242. The van der Waals surface area contributed by atoms with Crippen molar-refractivity contribution in [1.29, 1.82) is 0 Å². The summed E-state index contributed by atoms with van der Waals surface area (Å²) in [5.74, 6) is -3.95. The highest BCUT2D eigenvalue weighted by Gasteiger charge is 2.68. The molecule has 3 aliphatic heterocycles. The van der Waals surface area contributed by atoms with Gasteiger partial charge in [-0.15, -0.1) is 0 Å². The molecule has 41 atom stereocenters. The number of nitrogens with zero attached hydrogens (tertiary/aromatic N) is 1. The predicted octanol–water partition coefficient (Wildman–Crippen LogP) is 7.67. The van der Waals surface area contributed by atoms with Crippen LogP contribution in [-0.2, 0) is 52.4 Å². The van der Waals surface area contributed by atoms with Crippen LogP contribution in [-0.4, -0.2) is 303 Å². The zero-order chi connectivity index (χ0) is 103. The Balaban J connectivity index is 0.681. The van der Waals surface area contributed by atoms with E-state index in [-0.39, 0.29) is 193 Å². The Labute approximate surface area is 837 Å². The molecule has 8 saturated carbocycles. The number of fused-ring (bicyclic) bond motifs is 12. The highest BCUT2D eigenvalue weighted by atomic mass is 16.7. The first-order valence-corrected chi connectivity index (χ1v) is 54.0. The van der Waals surface area contributed by atoms with Crippen LogP contribution in [0.3, 0.4) is 0 Å². The van der Waals surface area contributed by atoms with Gasteiger partial charge in [0.25, 0.3) is 0 Å². The third kappa shape index (κ3) is 29.7. The van der Waals surface area contributed by atoms with E-state index < -0.39 is 171 Å². The Bertz CT molecular complexity index is 4130. The molecule has 141 heavy (non-hydrogen) atoms. The van der Waals surface area contributed by atoms with Gasteiger partial charge in [-0.05, 0) is 254 Å². The number of hydrogen-bond acceptors (Lipinski definition) is 27. The summed E-state index contributed by atoms with van der Waals surface area (Å²) in [5, 5.41) is 189. The van der Waals surface area contributed by atoms with Crippen molar-refractivity contribution in [2.24, 2.45) is 110 Å². The molecule has 0 spiro atoms. The van der Waals surface area contributed by atoms with Crippen molar-refractivity contribution in [3.05, 3.63) is 85.1 Å². The molecule has 0 aromatic heterocycles. The van der Waals surface area contributed by atoms with E-state index in [1.807, 2.05) is 37.3 Å². The maximum Gasteiger partial charge on any atom is 0.308 e. The summed E-state index contributed by atoms with van der Waals surface area (Å²) < 4.78 is 36.2. The molecule has 3 amide bonds. The third-order valence-electron chi connectivity index (χ3n) is 36.9. The molecule has 802 valence electrons. The molecule has 31 nitrogen and oxygen atoms in total. The maximum atomic E-state index is 14.6. The first-order chi connectivity index (χ1) is 66.9. The number of ketones is 1. The van der Waals surface area contributed by atoms with Crippen LogP contribution in [0.1, 0.15) is 275 Å². The topological polar surface area (TPSA) is 519 Å². The second-order valence-electron chi connectivity index (χ2n) is 46.1. The summed E-state index contributed by atoms with van der Waals surface area (Å²) in [6, 6.07) is -0.958. The highest BCUT2D eigenvalue weighted by molar-refractivity contribution is 5.80. The van der Waals surface area contributed by atoms with E-state index in [0.29, 0.717) is 116 Å². The van der Waals surface area contributed by atoms with Crippen LogP contribution < -0.4 is 16.4 Å². The van der Waals surface area contributed by atoms with Crippen molar-refractivity contribution in [2.75, 3.05) is 52.6 Å². The van der Waals surface area contributed by atoms with Gasteiger partial charge < -0.3 is 131 Å². The van der Waals surface area contributed by atoms with E-state index in [1.165, 1.54) is 0 Å². The summed E-state index contributed by atoms with van der Waals surface area (Å²) in [6.45, 7) is 21.7. The minimum atomic E-state index is -2.38. The number of unbranched alkanes of at least 4 members (excludes halogenated alkanes) is 2. The number of hydrogen-bond donors (Lipinski definition) is 19. The van der Waals surface area contributed by atoms with Gasteiger partial charge in [0.2, 0.25) is 17.7 Å². The molecular weight excluding hydrogens is 1810 g/mol. The zero-order valence-corrected chi connectivity index (χ0v) is 86.0. The molecule has 21 N–H and O–H groups in total. The molecule has 25 unspecified atom stereocenters. The van der Waals surface area contributed by atoms with Crippen LogP contribution in [0.25, 0.3) is 0 Å². The van der Waals surface area contributed by atoms with Crippen LogP contribution in [0.4, 0.5) is 0 Å². The first kappa shape index (κ1) is 116. The lowest BCUT2D eigenvalue weighted by atomic mass is 9.43. The van der Waals surface area contributed by atoms with Crippen LogP contribution >= 0.6 is 0 Å². The van der Waals surface area contributed by atoms with Crippen molar-refractivity contribution < 1.29 is 140 Å². The zero-order valence-electron chi connectivity index (χ0n) is 86.0. The number of Topliss-reactive ketones (excluding diaryl/α,β-unsaturated/α-hetero) is 1. The lowest BCUT2D eigenvalue weighted by molar-refractivity contribution is -0.488. The van der Waals surface area contributed by atoms with Gasteiger partial charge in [-0.25, -0.2) is 0 Å². The van der Waals surface area contributed by atoms with Crippen molar-refractivity contribution >= 4 is 29.5 Å². The Morgan fingerprint density at radius 1 is 0.489 bits per heavy atom. The fraction of sp³-hybridized carbons (Fsp3) is 0.827. The smallest absolute Gasteiger partial charge is 0.308 e. The number of aliphatic hydroxyl groups excluding tert-OH is 15.